The van der Waals surface area contributed by atoms with Gasteiger partial charge in [-0.3, -0.25) is 0 Å². The van der Waals surface area contributed by atoms with Crippen LogP contribution in [0.3, 0.4) is 0 Å². The Kier molecular flexibility index (Phi) is 6.07. The van der Waals surface area contributed by atoms with Gasteiger partial charge in [0, 0.05) is 32.2 Å². The molecule has 3 aromatic heterocycles. The Balaban J connectivity index is 1.30. The highest BCUT2D eigenvalue weighted by Gasteiger charge is 2.42. The van der Waals surface area contributed by atoms with Crippen molar-refractivity contribution >= 4 is 22.8 Å². The van der Waals surface area contributed by atoms with E-state index in [-0.39, 0.29) is 22.8 Å². The molecular formula is C22H25F5N8O. The molecule has 2 aliphatic rings. The lowest BCUT2D eigenvalue weighted by Gasteiger charge is -2.39. The predicted octanol–water partition coefficient (Wildman–Crippen LogP) is 3.71. The van der Waals surface area contributed by atoms with Crippen molar-refractivity contribution in [1.82, 2.24) is 29.7 Å². The first-order chi connectivity index (χ1) is 17.1. The van der Waals surface area contributed by atoms with Crippen LogP contribution in [-0.4, -0.2) is 69.4 Å². The lowest BCUT2D eigenvalue weighted by molar-refractivity contribution is -0.141. The van der Waals surface area contributed by atoms with E-state index in [0.717, 1.165) is 30.0 Å². The van der Waals surface area contributed by atoms with Gasteiger partial charge in [-0.25, -0.2) is 33.4 Å². The van der Waals surface area contributed by atoms with Gasteiger partial charge in [0.1, 0.15) is 29.7 Å². The highest BCUT2D eigenvalue weighted by Crippen LogP contribution is 2.43. The Hall–Kier alpha value is -3.32. The van der Waals surface area contributed by atoms with Crippen LogP contribution in [0.1, 0.15) is 30.8 Å². The number of anilines is 2. The van der Waals surface area contributed by atoms with Crippen molar-refractivity contribution in [2.24, 2.45) is 5.41 Å². The molecule has 0 unspecified atom stereocenters. The van der Waals surface area contributed by atoms with Crippen LogP contribution >= 0.6 is 0 Å². The van der Waals surface area contributed by atoms with E-state index >= 15 is 0 Å². The number of halogens is 5. The third-order valence-electron chi connectivity index (χ3n) is 6.93. The number of alkyl halides is 5. The highest BCUT2D eigenvalue weighted by atomic mass is 19.4. The molecule has 1 spiro atoms. The minimum atomic E-state index is -4.53. The van der Waals surface area contributed by atoms with Crippen LogP contribution < -0.4 is 14.5 Å². The maximum Gasteiger partial charge on any atom is 0.433 e. The zero-order valence-electron chi connectivity index (χ0n) is 19.8. The topological polar surface area (TPSA) is 85.1 Å². The Morgan fingerprint density at radius 3 is 2.36 bits per heavy atom. The first-order valence-corrected chi connectivity index (χ1v) is 11.6. The van der Waals surface area contributed by atoms with Crippen molar-refractivity contribution in [2.45, 2.75) is 45.3 Å². The van der Waals surface area contributed by atoms with Gasteiger partial charge in [-0.05, 0) is 31.6 Å². The Morgan fingerprint density at radius 2 is 1.72 bits per heavy atom. The average molecular weight is 512 g/mol. The number of aromatic nitrogens is 6. The number of ether oxygens (including phenoxy) is 1. The van der Waals surface area contributed by atoms with E-state index in [1.165, 1.54) is 14.0 Å². The summed E-state index contributed by atoms with van der Waals surface area (Å²) in [6, 6.07) is 1.02. The van der Waals surface area contributed by atoms with Crippen LogP contribution in [0.5, 0.6) is 5.88 Å². The molecule has 2 saturated heterocycles. The molecule has 0 amide bonds. The second-order valence-electron chi connectivity index (χ2n) is 9.30. The third kappa shape index (κ3) is 4.60. The third-order valence-corrected chi connectivity index (χ3v) is 6.93. The molecular weight excluding hydrogens is 487 g/mol. The molecule has 0 aromatic carbocycles. The van der Waals surface area contributed by atoms with E-state index in [0.29, 0.717) is 43.3 Å². The summed E-state index contributed by atoms with van der Waals surface area (Å²) in [6.07, 6.45) is -3.09. The zero-order valence-corrected chi connectivity index (χ0v) is 19.8. The van der Waals surface area contributed by atoms with Gasteiger partial charge in [-0.1, -0.05) is 0 Å². The molecule has 5 heterocycles. The van der Waals surface area contributed by atoms with Crippen molar-refractivity contribution < 1.29 is 26.7 Å². The van der Waals surface area contributed by atoms with Gasteiger partial charge >= 0.3 is 6.18 Å². The molecule has 36 heavy (non-hydrogen) atoms. The van der Waals surface area contributed by atoms with E-state index in [1.807, 2.05) is 9.80 Å². The molecule has 0 atom stereocenters. The van der Waals surface area contributed by atoms with Gasteiger partial charge in [-0.2, -0.15) is 13.2 Å². The van der Waals surface area contributed by atoms with Gasteiger partial charge in [-0.15, -0.1) is 5.10 Å². The number of nitrogens with zero attached hydrogens (tertiary/aromatic N) is 8. The largest absolute Gasteiger partial charge is 0.478 e. The number of rotatable bonds is 5. The fourth-order valence-electron chi connectivity index (χ4n) is 5.06. The van der Waals surface area contributed by atoms with Crippen LogP contribution in [0.4, 0.5) is 33.6 Å². The second-order valence-corrected chi connectivity index (χ2v) is 9.30. The predicted molar refractivity (Wildman–Crippen MR) is 120 cm³/mol. The van der Waals surface area contributed by atoms with E-state index < -0.39 is 24.8 Å². The van der Waals surface area contributed by atoms with Gasteiger partial charge in [0.15, 0.2) is 11.2 Å². The summed E-state index contributed by atoms with van der Waals surface area (Å²) >= 11 is 0. The maximum absolute atomic E-state index is 13.2. The molecule has 5 rings (SSSR count). The molecule has 194 valence electrons. The highest BCUT2D eigenvalue weighted by molar-refractivity contribution is 5.77. The van der Waals surface area contributed by atoms with Gasteiger partial charge in [0.25, 0.3) is 12.3 Å². The van der Waals surface area contributed by atoms with Crippen molar-refractivity contribution in [3.05, 3.63) is 23.8 Å². The number of fused-ring (bicyclic) bond motifs is 1. The summed E-state index contributed by atoms with van der Waals surface area (Å²) in [4.78, 5) is 20.7. The summed E-state index contributed by atoms with van der Waals surface area (Å²) in [5.41, 5.74) is -0.430. The molecule has 0 radical (unpaired) electrons. The SMILES string of the molecule is COc1nn(CC(F)F)c2nc(N3CCC4(CCN(c5cc(C(F)(F)F)nc(C)n5)C4)CC3)cnc12. The van der Waals surface area contributed by atoms with E-state index in [4.69, 9.17) is 4.74 Å². The van der Waals surface area contributed by atoms with Gasteiger partial charge in [0.2, 0.25) is 0 Å². The lowest BCUT2D eigenvalue weighted by atomic mass is 9.78. The Bertz CT molecular complexity index is 1260. The Morgan fingerprint density at radius 1 is 1.03 bits per heavy atom. The van der Waals surface area contributed by atoms with E-state index in [9.17, 15) is 22.0 Å². The number of hydrogen-bond acceptors (Lipinski definition) is 8. The number of methoxy groups -OCH3 is 1. The van der Waals surface area contributed by atoms with E-state index in [2.05, 4.69) is 25.0 Å². The van der Waals surface area contributed by atoms with Crippen LogP contribution in [0.15, 0.2) is 12.3 Å². The van der Waals surface area contributed by atoms with Crippen LogP contribution in [-0.2, 0) is 12.7 Å². The summed E-state index contributed by atoms with van der Waals surface area (Å²) < 4.78 is 71.9. The number of hydrogen-bond donors (Lipinski definition) is 0. The molecule has 2 aliphatic heterocycles. The first kappa shape index (κ1) is 24.4. The number of aryl methyl sites for hydroxylation is 1. The van der Waals surface area contributed by atoms with Crippen molar-refractivity contribution in [2.75, 3.05) is 43.1 Å². The quantitative estimate of drug-likeness (QED) is 0.479. The van der Waals surface area contributed by atoms with E-state index in [1.54, 1.807) is 6.20 Å². The lowest BCUT2D eigenvalue weighted by Crippen LogP contribution is -2.42. The molecule has 3 aromatic rings. The maximum atomic E-state index is 13.2. The summed E-state index contributed by atoms with van der Waals surface area (Å²) in [6.45, 7) is 3.39. The fraction of sp³-hybridized carbons (Fsp3) is 0.591. The normalized spacial score (nSPS) is 18.1. The molecule has 0 bridgehead atoms. The second kappa shape index (κ2) is 8.96. The summed E-state index contributed by atoms with van der Waals surface area (Å²) in [5, 5.41) is 4.04. The van der Waals surface area contributed by atoms with Crippen LogP contribution in [0.2, 0.25) is 0 Å². The minimum Gasteiger partial charge on any atom is -0.478 e. The molecule has 0 saturated carbocycles. The fourth-order valence-corrected chi connectivity index (χ4v) is 5.06. The average Bonchev–Trinajstić information content (AvgIpc) is 3.39. The summed E-state index contributed by atoms with van der Waals surface area (Å²) in [7, 11) is 1.39. The number of piperidine rings is 1. The first-order valence-electron chi connectivity index (χ1n) is 11.6. The summed E-state index contributed by atoms with van der Waals surface area (Å²) in [5.74, 6) is 1.09. The van der Waals surface area contributed by atoms with Crippen LogP contribution in [0, 0.1) is 12.3 Å². The zero-order chi connectivity index (χ0) is 25.7. The monoisotopic (exact) mass is 512 g/mol. The molecule has 0 N–H and O–H groups in total. The Labute approximate surface area is 203 Å². The standard InChI is InChI=1S/C22H25F5N8O/c1-13-29-14(22(25,26)27)9-16(30-13)34-8-5-21(12-34)3-6-33(7-4-21)17-10-28-18-19(31-17)35(11-15(23)24)32-20(18)36-2/h9-10,15H,3-8,11-12H2,1-2H3. The molecule has 2 fully saturated rings. The smallest absolute Gasteiger partial charge is 0.433 e. The van der Waals surface area contributed by atoms with Gasteiger partial charge < -0.3 is 14.5 Å². The molecule has 14 heteroatoms. The minimum absolute atomic E-state index is 0.0497. The van der Waals surface area contributed by atoms with Crippen LogP contribution in [0.25, 0.3) is 11.2 Å². The molecule has 0 aliphatic carbocycles. The van der Waals surface area contributed by atoms with Gasteiger partial charge in [0.05, 0.1) is 13.3 Å². The van der Waals surface area contributed by atoms with Crippen molar-refractivity contribution in [3.63, 3.8) is 0 Å². The van der Waals surface area contributed by atoms with Crippen molar-refractivity contribution in [3.8, 4) is 5.88 Å². The molecule has 9 nitrogen and oxygen atoms in total. The van der Waals surface area contributed by atoms with Crippen molar-refractivity contribution in [1.29, 1.82) is 0 Å².